The van der Waals surface area contributed by atoms with Crippen LogP contribution in [0.1, 0.15) is 17.5 Å². The van der Waals surface area contributed by atoms with Crippen LogP contribution in [0.3, 0.4) is 0 Å². The quantitative estimate of drug-likeness (QED) is 0.588. The molecular formula is C14H21N3. The van der Waals surface area contributed by atoms with Crippen LogP contribution in [0, 0.1) is 0 Å². The molecule has 3 nitrogen and oxygen atoms in total. The van der Waals surface area contributed by atoms with Gasteiger partial charge in [-0.25, -0.2) is 0 Å². The highest BCUT2D eigenvalue weighted by Gasteiger charge is 2.19. The Morgan fingerprint density at radius 3 is 2.65 bits per heavy atom. The summed E-state index contributed by atoms with van der Waals surface area (Å²) in [7, 11) is 5.87. The van der Waals surface area contributed by atoms with Gasteiger partial charge in [0.25, 0.3) is 0 Å². The zero-order chi connectivity index (χ0) is 12.3. The molecule has 0 saturated carbocycles. The lowest BCUT2D eigenvalue weighted by Crippen LogP contribution is -2.45. The summed E-state index contributed by atoms with van der Waals surface area (Å²) < 4.78 is 0. The molecule has 1 aliphatic carbocycles. The van der Waals surface area contributed by atoms with Gasteiger partial charge >= 0.3 is 0 Å². The number of guanidine groups is 1. The largest absolute Gasteiger partial charge is 0.353 e. The van der Waals surface area contributed by atoms with Crippen molar-refractivity contribution in [1.82, 2.24) is 10.2 Å². The SMILES string of the molecule is CN=C(NC1CCc2ccccc2C1)N(C)C. The van der Waals surface area contributed by atoms with Gasteiger partial charge in [-0.05, 0) is 30.4 Å². The Hall–Kier alpha value is -1.51. The zero-order valence-electron chi connectivity index (χ0n) is 10.9. The van der Waals surface area contributed by atoms with Crippen molar-refractivity contribution < 1.29 is 0 Å². The van der Waals surface area contributed by atoms with E-state index < -0.39 is 0 Å². The van der Waals surface area contributed by atoms with E-state index >= 15 is 0 Å². The molecule has 0 radical (unpaired) electrons. The van der Waals surface area contributed by atoms with E-state index in [2.05, 4.69) is 34.6 Å². The predicted octanol–water partition coefficient (Wildman–Crippen LogP) is 1.68. The molecule has 1 aromatic rings. The van der Waals surface area contributed by atoms with Crippen molar-refractivity contribution in [2.45, 2.75) is 25.3 Å². The molecule has 92 valence electrons. The van der Waals surface area contributed by atoms with E-state index in [1.165, 1.54) is 17.5 Å². The van der Waals surface area contributed by atoms with Crippen LogP contribution in [0.2, 0.25) is 0 Å². The lowest BCUT2D eigenvalue weighted by Gasteiger charge is -2.28. The third-order valence-corrected chi connectivity index (χ3v) is 3.32. The Balaban J connectivity index is 2.03. The van der Waals surface area contributed by atoms with Gasteiger partial charge < -0.3 is 10.2 Å². The summed E-state index contributed by atoms with van der Waals surface area (Å²) in [6, 6.07) is 9.24. The Bertz CT molecular complexity index is 410. The van der Waals surface area contributed by atoms with Gasteiger partial charge in [0.2, 0.25) is 0 Å². The van der Waals surface area contributed by atoms with E-state index in [-0.39, 0.29) is 0 Å². The van der Waals surface area contributed by atoms with Crippen molar-refractivity contribution >= 4 is 5.96 Å². The van der Waals surface area contributed by atoms with E-state index in [0.717, 1.165) is 18.8 Å². The number of benzene rings is 1. The first-order chi connectivity index (χ1) is 8.20. The van der Waals surface area contributed by atoms with E-state index in [9.17, 15) is 0 Å². The number of nitrogens with one attached hydrogen (secondary N) is 1. The maximum Gasteiger partial charge on any atom is 0.193 e. The van der Waals surface area contributed by atoms with Crippen LogP contribution in [0.5, 0.6) is 0 Å². The second-order valence-electron chi connectivity index (χ2n) is 4.79. The molecule has 17 heavy (non-hydrogen) atoms. The minimum atomic E-state index is 0.506. The molecule has 0 saturated heterocycles. The van der Waals surface area contributed by atoms with Gasteiger partial charge in [-0.3, -0.25) is 4.99 Å². The Morgan fingerprint density at radius 2 is 2.00 bits per heavy atom. The number of aliphatic imine (C=N–C) groups is 1. The summed E-state index contributed by atoms with van der Waals surface area (Å²) in [5, 5.41) is 3.52. The molecule has 3 heteroatoms. The fourth-order valence-corrected chi connectivity index (χ4v) is 2.40. The normalized spacial score (nSPS) is 19.7. The molecular weight excluding hydrogens is 210 g/mol. The number of nitrogens with zero attached hydrogens (tertiary/aromatic N) is 2. The molecule has 1 aromatic carbocycles. The van der Waals surface area contributed by atoms with E-state index in [1.54, 1.807) is 0 Å². The second kappa shape index (κ2) is 5.21. The molecule has 0 aliphatic heterocycles. The van der Waals surface area contributed by atoms with E-state index in [4.69, 9.17) is 0 Å². The van der Waals surface area contributed by atoms with E-state index in [1.807, 2.05) is 26.0 Å². The maximum absolute atomic E-state index is 4.27. The summed E-state index contributed by atoms with van der Waals surface area (Å²) >= 11 is 0. The molecule has 0 spiro atoms. The molecule has 2 rings (SSSR count). The van der Waals surface area contributed by atoms with Gasteiger partial charge in [0.1, 0.15) is 0 Å². The average Bonchev–Trinajstić information content (AvgIpc) is 2.35. The number of aryl methyl sites for hydroxylation is 1. The fourth-order valence-electron chi connectivity index (χ4n) is 2.40. The van der Waals surface area contributed by atoms with Gasteiger partial charge in [0.05, 0.1) is 0 Å². The van der Waals surface area contributed by atoms with Crippen molar-refractivity contribution in [3.05, 3.63) is 35.4 Å². The Labute approximate surface area is 104 Å². The topological polar surface area (TPSA) is 27.6 Å². The van der Waals surface area contributed by atoms with Crippen molar-refractivity contribution in [3.8, 4) is 0 Å². The van der Waals surface area contributed by atoms with E-state index in [0.29, 0.717) is 6.04 Å². The maximum atomic E-state index is 4.27. The summed E-state index contributed by atoms with van der Waals surface area (Å²) in [6.07, 6.45) is 3.45. The van der Waals surface area contributed by atoms with Crippen LogP contribution < -0.4 is 5.32 Å². The number of fused-ring (bicyclic) bond motifs is 1. The smallest absolute Gasteiger partial charge is 0.193 e. The molecule has 0 heterocycles. The average molecular weight is 231 g/mol. The fraction of sp³-hybridized carbons (Fsp3) is 0.500. The number of hydrogen-bond acceptors (Lipinski definition) is 1. The van der Waals surface area contributed by atoms with Crippen LogP contribution in [-0.4, -0.2) is 38.0 Å². The van der Waals surface area contributed by atoms with Gasteiger partial charge in [-0.15, -0.1) is 0 Å². The zero-order valence-corrected chi connectivity index (χ0v) is 10.9. The highest BCUT2D eigenvalue weighted by atomic mass is 15.3. The van der Waals surface area contributed by atoms with Crippen molar-refractivity contribution in [2.24, 2.45) is 4.99 Å². The van der Waals surface area contributed by atoms with Crippen LogP contribution in [0.4, 0.5) is 0 Å². The number of rotatable bonds is 1. The first-order valence-corrected chi connectivity index (χ1v) is 6.18. The first kappa shape index (κ1) is 12.0. The molecule has 0 fully saturated rings. The number of hydrogen-bond donors (Lipinski definition) is 1. The van der Waals surface area contributed by atoms with Crippen LogP contribution in [-0.2, 0) is 12.8 Å². The first-order valence-electron chi connectivity index (χ1n) is 6.18. The standard InChI is InChI=1S/C14H21N3/c1-15-14(17(2)3)16-13-9-8-11-6-4-5-7-12(11)10-13/h4-7,13H,8-10H2,1-3H3,(H,15,16). The monoisotopic (exact) mass is 231 g/mol. The molecule has 0 bridgehead atoms. The van der Waals surface area contributed by atoms with Gasteiger partial charge in [0.15, 0.2) is 5.96 Å². The summed E-state index contributed by atoms with van der Waals surface area (Å²) in [5.41, 5.74) is 2.98. The van der Waals surface area contributed by atoms with Gasteiger partial charge in [-0.2, -0.15) is 0 Å². The minimum absolute atomic E-state index is 0.506. The minimum Gasteiger partial charge on any atom is -0.353 e. The highest BCUT2D eigenvalue weighted by Crippen LogP contribution is 2.20. The van der Waals surface area contributed by atoms with Crippen LogP contribution >= 0.6 is 0 Å². The van der Waals surface area contributed by atoms with Crippen LogP contribution in [0.25, 0.3) is 0 Å². The second-order valence-corrected chi connectivity index (χ2v) is 4.79. The van der Waals surface area contributed by atoms with Crippen molar-refractivity contribution in [1.29, 1.82) is 0 Å². The molecule has 0 aromatic heterocycles. The highest BCUT2D eigenvalue weighted by molar-refractivity contribution is 5.79. The Morgan fingerprint density at radius 1 is 1.29 bits per heavy atom. The predicted molar refractivity (Wildman–Crippen MR) is 72.4 cm³/mol. The third kappa shape index (κ3) is 2.78. The van der Waals surface area contributed by atoms with Crippen molar-refractivity contribution in [2.75, 3.05) is 21.1 Å². The summed E-state index contributed by atoms with van der Waals surface area (Å²) in [4.78, 5) is 6.30. The molecule has 1 N–H and O–H groups in total. The van der Waals surface area contributed by atoms with Crippen LogP contribution in [0.15, 0.2) is 29.3 Å². The molecule has 1 atom stereocenters. The molecule has 1 aliphatic rings. The third-order valence-electron chi connectivity index (χ3n) is 3.32. The Kier molecular flexibility index (Phi) is 3.67. The van der Waals surface area contributed by atoms with Gasteiger partial charge in [-0.1, -0.05) is 24.3 Å². The summed E-state index contributed by atoms with van der Waals surface area (Å²) in [6.45, 7) is 0. The van der Waals surface area contributed by atoms with Gasteiger partial charge in [0, 0.05) is 27.2 Å². The lowest BCUT2D eigenvalue weighted by molar-refractivity contribution is 0.487. The molecule has 0 amide bonds. The summed E-state index contributed by atoms with van der Waals surface area (Å²) in [5.74, 6) is 0.967. The molecule has 1 unspecified atom stereocenters. The van der Waals surface area contributed by atoms with Crippen molar-refractivity contribution in [3.63, 3.8) is 0 Å². The lowest BCUT2D eigenvalue weighted by atomic mass is 9.88.